The summed E-state index contributed by atoms with van der Waals surface area (Å²) in [6, 6.07) is 22.5. The second-order valence-corrected chi connectivity index (χ2v) is 8.13. The Hall–Kier alpha value is -2.95. The molecule has 5 rings (SSSR count). The van der Waals surface area contributed by atoms with E-state index in [1.165, 1.54) is 10.3 Å². The molecule has 2 heterocycles. The molecule has 0 aliphatic rings. The second-order valence-electron chi connectivity index (χ2n) is 6.69. The Kier molecular flexibility index (Phi) is 4.23. The van der Waals surface area contributed by atoms with Crippen LogP contribution in [0, 0.1) is 6.92 Å². The summed E-state index contributed by atoms with van der Waals surface area (Å²) in [6.45, 7) is 2.09. The molecule has 136 valence electrons. The summed E-state index contributed by atoms with van der Waals surface area (Å²) in [5.41, 5.74) is 6.34. The summed E-state index contributed by atoms with van der Waals surface area (Å²) in [5.74, 6) is 0.770. The van der Waals surface area contributed by atoms with E-state index in [4.69, 9.17) is 16.6 Å². The van der Waals surface area contributed by atoms with Crippen molar-refractivity contribution < 1.29 is 0 Å². The number of fused-ring (bicyclic) bond motifs is 1. The Morgan fingerprint density at radius 3 is 2.54 bits per heavy atom. The number of benzene rings is 3. The molecule has 0 aliphatic carbocycles. The van der Waals surface area contributed by atoms with E-state index in [-0.39, 0.29) is 0 Å². The van der Waals surface area contributed by atoms with Crippen LogP contribution in [0.2, 0.25) is 5.02 Å². The van der Waals surface area contributed by atoms with Gasteiger partial charge in [0.2, 0.25) is 0 Å². The molecule has 5 heteroatoms. The highest BCUT2D eigenvalue weighted by Crippen LogP contribution is 2.32. The Morgan fingerprint density at radius 1 is 0.929 bits per heavy atom. The van der Waals surface area contributed by atoms with Crippen LogP contribution in [-0.2, 0) is 0 Å². The Morgan fingerprint density at radius 2 is 1.71 bits per heavy atom. The minimum atomic E-state index is 0.685. The summed E-state index contributed by atoms with van der Waals surface area (Å²) in [7, 11) is 0. The molecule has 0 saturated heterocycles. The van der Waals surface area contributed by atoms with Crippen molar-refractivity contribution in [3.63, 3.8) is 0 Å². The highest BCUT2D eigenvalue weighted by atomic mass is 35.5. The monoisotopic (exact) mass is 401 g/mol. The highest BCUT2D eigenvalue weighted by molar-refractivity contribution is 7.21. The third-order valence-electron chi connectivity index (χ3n) is 4.69. The van der Waals surface area contributed by atoms with Crippen molar-refractivity contribution in [1.82, 2.24) is 15.0 Å². The van der Waals surface area contributed by atoms with E-state index in [1.807, 2.05) is 30.5 Å². The third-order valence-corrected chi connectivity index (χ3v) is 6.11. The number of thiazole rings is 1. The zero-order valence-corrected chi connectivity index (χ0v) is 16.7. The number of nitrogens with one attached hydrogen (secondary N) is 1. The van der Waals surface area contributed by atoms with E-state index in [1.54, 1.807) is 11.3 Å². The molecule has 3 aromatic carbocycles. The van der Waals surface area contributed by atoms with Crippen LogP contribution in [0.15, 0.2) is 72.9 Å². The Bertz CT molecular complexity index is 1280. The maximum absolute atomic E-state index is 6.28. The van der Waals surface area contributed by atoms with Crippen LogP contribution < -0.4 is 0 Å². The van der Waals surface area contributed by atoms with Gasteiger partial charge in [-0.25, -0.2) is 9.97 Å². The summed E-state index contributed by atoms with van der Waals surface area (Å²) in [6.07, 6.45) is 1.84. The maximum Gasteiger partial charge on any atom is 0.139 e. The first-order valence-corrected chi connectivity index (χ1v) is 10.1. The van der Waals surface area contributed by atoms with Gasteiger partial charge in [0.15, 0.2) is 0 Å². The van der Waals surface area contributed by atoms with Crippen molar-refractivity contribution >= 4 is 33.2 Å². The molecule has 28 heavy (non-hydrogen) atoms. The number of aryl methyl sites for hydroxylation is 1. The van der Waals surface area contributed by atoms with Gasteiger partial charge in [0.05, 0.1) is 27.1 Å². The van der Waals surface area contributed by atoms with Crippen LogP contribution in [0.25, 0.3) is 43.4 Å². The zero-order valence-electron chi connectivity index (χ0n) is 15.1. The molecule has 0 amide bonds. The second kappa shape index (κ2) is 6.89. The third kappa shape index (κ3) is 3.11. The van der Waals surface area contributed by atoms with Gasteiger partial charge in [-0.2, -0.15) is 0 Å². The fraction of sp³-hybridized carbons (Fsp3) is 0.0435. The van der Waals surface area contributed by atoms with Gasteiger partial charge in [-0.15, -0.1) is 11.3 Å². The average molecular weight is 402 g/mol. The van der Waals surface area contributed by atoms with Gasteiger partial charge in [-0.05, 0) is 42.3 Å². The van der Waals surface area contributed by atoms with Crippen molar-refractivity contribution in [2.45, 2.75) is 6.92 Å². The van der Waals surface area contributed by atoms with Gasteiger partial charge in [-0.1, -0.05) is 54.1 Å². The van der Waals surface area contributed by atoms with Gasteiger partial charge in [-0.3, -0.25) is 0 Å². The van der Waals surface area contributed by atoms with Crippen LogP contribution in [0.3, 0.4) is 0 Å². The number of aromatic nitrogens is 3. The van der Waals surface area contributed by atoms with Crippen molar-refractivity contribution in [3.05, 3.63) is 83.5 Å². The lowest BCUT2D eigenvalue weighted by molar-refractivity contribution is 1.31. The van der Waals surface area contributed by atoms with Crippen LogP contribution in [0.1, 0.15) is 5.56 Å². The number of H-pyrrole nitrogens is 1. The van der Waals surface area contributed by atoms with Crippen molar-refractivity contribution in [2.75, 3.05) is 0 Å². The molecule has 0 aliphatic heterocycles. The average Bonchev–Trinajstić information content (AvgIpc) is 3.35. The molecule has 0 atom stereocenters. The largest absolute Gasteiger partial charge is 0.338 e. The van der Waals surface area contributed by atoms with E-state index in [2.05, 4.69) is 59.4 Å². The lowest BCUT2D eigenvalue weighted by Gasteiger charge is -2.01. The molecule has 0 saturated carbocycles. The molecule has 0 fully saturated rings. The Labute approximate surface area is 171 Å². The molecule has 0 unspecified atom stereocenters. The first-order chi connectivity index (χ1) is 13.7. The van der Waals surface area contributed by atoms with Gasteiger partial charge >= 0.3 is 0 Å². The van der Waals surface area contributed by atoms with Gasteiger partial charge < -0.3 is 4.98 Å². The fourth-order valence-electron chi connectivity index (χ4n) is 3.21. The maximum atomic E-state index is 6.28. The molecule has 0 bridgehead atoms. The number of aromatic amines is 1. The number of hydrogen-bond acceptors (Lipinski definition) is 3. The lowest BCUT2D eigenvalue weighted by atomic mass is 10.1. The number of rotatable bonds is 3. The number of halogens is 1. The summed E-state index contributed by atoms with van der Waals surface area (Å²) >= 11 is 8.00. The number of hydrogen-bond donors (Lipinski definition) is 1. The number of nitrogens with zero attached hydrogens (tertiary/aromatic N) is 2. The number of imidazole rings is 1. The first kappa shape index (κ1) is 17.2. The van der Waals surface area contributed by atoms with Crippen LogP contribution in [-0.4, -0.2) is 15.0 Å². The molecule has 0 radical (unpaired) electrons. The van der Waals surface area contributed by atoms with E-state index < -0.39 is 0 Å². The van der Waals surface area contributed by atoms with Gasteiger partial charge in [0.1, 0.15) is 10.8 Å². The first-order valence-electron chi connectivity index (χ1n) is 8.95. The fourth-order valence-corrected chi connectivity index (χ4v) is 4.39. The van der Waals surface area contributed by atoms with Crippen molar-refractivity contribution in [1.29, 1.82) is 0 Å². The quantitative estimate of drug-likeness (QED) is 0.354. The molecular formula is C23H16ClN3S. The van der Waals surface area contributed by atoms with E-state index >= 15 is 0 Å². The van der Waals surface area contributed by atoms with Gasteiger partial charge in [0, 0.05) is 11.1 Å². The molecule has 3 nitrogen and oxygen atoms in total. The predicted octanol–water partition coefficient (Wildman–Crippen LogP) is 6.98. The normalized spacial score (nSPS) is 11.2. The van der Waals surface area contributed by atoms with Crippen molar-refractivity contribution in [2.24, 2.45) is 0 Å². The summed E-state index contributed by atoms with van der Waals surface area (Å²) < 4.78 is 1.21. The topological polar surface area (TPSA) is 41.6 Å². The predicted molar refractivity (Wildman–Crippen MR) is 118 cm³/mol. The smallest absolute Gasteiger partial charge is 0.139 e. The van der Waals surface area contributed by atoms with E-state index in [0.717, 1.165) is 38.7 Å². The van der Waals surface area contributed by atoms with Gasteiger partial charge in [0.25, 0.3) is 0 Å². The van der Waals surface area contributed by atoms with Crippen molar-refractivity contribution in [3.8, 4) is 33.2 Å². The molecule has 1 N–H and O–H groups in total. The SMILES string of the molecule is Cc1ccc2sc(-c3ccc(-c4cnc(-c5ccccc5Cl)[nH]4)cc3)nc2c1. The molecule has 2 aromatic heterocycles. The lowest BCUT2D eigenvalue weighted by Crippen LogP contribution is -1.83. The Balaban J connectivity index is 1.46. The summed E-state index contributed by atoms with van der Waals surface area (Å²) in [5, 5.41) is 1.72. The van der Waals surface area contributed by atoms with E-state index in [0.29, 0.717) is 5.02 Å². The van der Waals surface area contributed by atoms with Crippen LogP contribution in [0.5, 0.6) is 0 Å². The molecule has 5 aromatic rings. The van der Waals surface area contributed by atoms with E-state index in [9.17, 15) is 0 Å². The zero-order chi connectivity index (χ0) is 19.1. The van der Waals surface area contributed by atoms with Crippen LogP contribution >= 0.6 is 22.9 Å². The molecular weight excluding hydrogens is 386 g/mol. The minimum Gasteiger partial charge on any atom is -0.338 e. The minimum absolute atomic E-state index is 0.685. The molecule has 0 spiro atoms. The highest BCUT2D eigenvalue weighted by Gasteiger charge is 2.10. The summed E-state index contributed by atoms with van der Waals surface area (Å²) in [4.78, 5) is 12.6. The standard InChI is InChI=1S/C23H16ClN3S/c1-14-6-11-21-19(12-14)27-23(28-21)16-9-7-15(8-10-16)20-13-25-22(26-20)17-4-2-3-5-18(17)24/h2-13H,1H3,(H,25,26). The van der Waals surface area contributed by atoms with Crippen LogP contribution in [0.4, 0.5) is 0 Å².